The van der Waals surface area contributed by atoms with Crippen molar-refractivity contribution in [1.82, 2.24) is 9.97 Å². The second kappa shape index (κ2) is 11.3. The standard InChI is InChI=1S/C28H27N3O4/c1-31(18-24(32)22-14-9-15-23(16-22)35-19-26(33)34-2)25-17-29-27(20-10-5-3-6-11-20)28(30-25)21-12-7-4-8-13-21/h3-17,24,32H,18-19H2,1-2H3/t24-/m0/s1. The minimum atomic E-state index is -0.808. The van der Waals surface area contributed by atoms with Gasteiger partial charge in [0.15, 0.2) is 6.61 Å². The van der Waals surface area contributed by atoms with Crippen LogP contribution in [0.5, 0.6) is 5.75 Å². The lowest BCUT2D eigenvalue weighted by molar-refractivity contribution is -0.142. The summed E-state index contributed by atoms with van der Waals surface area (Å²) in [4.78, 5) is 22.9. The lowest BCUT2D eigenvalue weighted by Gasteiger charge is -2.23. The Morgan fingerprint density at radius 1 is 0.943 bits per heavy atom. The van der Waals surface area contributed by atoms with Crippen LogP contribution < -0.4 is 9.64 Å². The van der Waals surface area contributed by atoms with Crippen LogP contribution >= 0.6 is 0 Å². The van der Waals surface area contributed by atoms with Gasteiger partial charge >= 0.3 is 5.97 Å². The van der Waals surface area contributed by atoms with E-state index in [1.54, 1.807) is 24.4 Å². The smallest absolute Gasteiger partial charge is 0.343 e. The van der Waals surface area contributed by atoms with Crippen LogP contribution in [-0.4, -0.2) is 48.4 Å². The number of methoxy groups -OCH3 is 1. The third-order valence-electron chi connectivity index (χ3n) is 5.52. The van der Waals surface area contributed by atoms with Gasteiger partial charge in [0.25, 0.3) is 0 Å². The highest BCUT2D eigenvalue weighted by atomic mass is 16.6. The van der Waals surface area contributed by atoms with E-state index in [0.717, 1.165) is 22.5 Å². The average molecular weight is 470 g/mol. The molecule has 0 radical (unpaired) electrons. The van der Waals surface area contributed by atoms with Crippen molar-refractivity contribution in [2.45, 2.75) is 6.10 Å². The number of aliphatic hydroxyl groups is 1. The molecule has 35 heavy (non-hydrogen) atoms. The van der Waals surface area contributed by atoms with Crippen molar-refractivity contribution in [1.29, 1.82) is 0 Å². The molecular weight excluding hydrogens is 442 g/mol. The van der Waals surface area contributed by atoms with Crippen LogP contribution in [0.3, 0.4) is 0 Å². The monoisotopic (exact) mass is 469 g/mol. The van der Waals surface area contributed by atoms with Crippen LogP contribution in [0.1, 0.15) is 11.7 Å². The minimum Gasteiger partial charge on any atom is -0.482 e. The number of aliphatic hydroxyl groups excluding tert-OH is 1. The van der Waals surface area contributed by atoms with Crippen LogP contribution in [0.4, 0.5) is 5.82 Å². The maximum absolute atomic E-state index is 11.3. The van der Waals surface area contributed by atoms with Crippen LogP contribution in [0.15, 0.2) is 91.1 Å². The minimum absolute atomic E-state index is 0.193. The largest absolute Gasteiger partial charge is 0.482 e. The SMILES string of the molecule is COC(=O)COc1cccc([C@@H](O)CN(C)c2cnc(-c3ccccc3)c(-c3ccccc3)n2)c1. The first-order valence-electron chi connectivity index (χ1n) is 11.2. The van der Waals surface area contributed by atoms with Crippen LogP contribution in [0, 0.1) is 0 Å². The fraction of sp³-hybridized carbons (Fsp3) is 0.179. The maximum atomic E-state index is 11.3. The van der Waals surface area contributed by atoms with Gasteiger partial charge in [-0.05, 0) is 17.7 Å². The highest BCUT2D eigenvalue weighted by molar-refractivity contribution is 5.78. The topological polar surface area (TPSA) is 84.8 Å². The van der Waals surface area contributed by atoms with Gasteiger partial charge in [0.1, 0.15) is 11.6 Å². The Kier molecular flexibility index (Phi) is 7.70. The van der Waals surface area contributed by atoms with Gasteiger partial charge in [-0.25, -0.2) is 9.78 Å². The molecule has 1 aromatic heterocycles. The Morgan fingerprint density at radius 2 is 1.60 bits per heavy atom. The molecule has 3 aromatic carbocycles. The van der Waals surface area contributed by atoms with Crippen molar-refractivity contribution < 1.29 is 19.4 Å². The van der Waals surface area contributed by atoms with Crippen molar-refractivity contribution in [2.24, 2.45) is 0 Å². The van der Waals surface area contributed by atoms with Crippen molar-refractivity contribution in [3.63, 3.8) is 0 Å². The van der Waals surface area contributed by atoms with Crippen molar-refractivity contribution >= 4 is 11.8 Å². The number of hydrogen-bond acceptors (Lipinski definition) is 7. The summed E-state index contributed by atoms with van der Waals surface area (Å²) in [6.07, 6.45) is 0.912. The number of benzene rings is 3. The molecule has 0 spiro atoms. The van der Waals surface area contributed by atoms with Crippen LogP contribution in [0.25, 0.3) is 22.5 Å². The van der Waals surface area contributed by atoms with Crippen molar-refractivity contribution in [3.05, 3.63) is 96.7 Å². The zero-order valence-corrected chi connectivity index (χ0v) is 19.7. The predicted molar refractivity (Wildman–Crippen MR) is 135 cm³/mol. The molecule has 1 atom stereocenters. The molecule has 1 N–H and O–H groups in total. The number of likely N-dealkylation sites (N-methyl/N-ethyl adjacent to an activating group) is 1. The molecule has 0 saturated heterocycles. The first-order valence-corrected chi connectivity index (χ1v) is 11.2. The van der Waals surface area contributed by atoms with Gasteiger partial charge in [-0.1, -0.05) is 72.8 Å². The Labute approximate surface area is 204 Å². The summed E-state index contributed by atoms with van der Waals surface area (Å²) >= 11 is 0. The molecule has 0 aliphatic rings. The van der Waals surface area contributed by atoms with Gasteiger partial charge in [0, 0.05) is 24.7 Å². The van der Waals surface area contributed by atoms with E-state index in [0.29, 0.717) is 17.1 Å². The normalized spacial score (nSPS) is 11.5. The molecule has 1 heterocycles. The number of carbonyl (C=O) groups excluding carboxylic acids is 1. The second-order valence-electron chi connectivity index (χ2n) is 7.99. The van der Waals surface area contributed by atoms with Gasteiger partial charge < -0.3 is 19.5 Å². The van der Waals surface area contributed by atoms with E-state index in [2.05, 4.69) is 4.74 Å². The Hall–Kier alpha value is -4.23. The van der Waals surface area contributed by atoms with E-state index in [1.165, 1.54) is 7.11 Å². The average Bonchev–Trinajstić information content (AvgIpc) is 2.92. The Bertz CT molecular complexity index is 1270. The highest BCUT2D eigenvalue weighted by Crippen LogP contribution is 2.30. The summed E-state index contributed by atoms with van der Waals surface area (Å²) in [5.74, 6) is 0.649. The summed E-state index contributed by atoms with van der Waals surface area (Å²) in [5, 5.41) is 10.9. The molecule has 0 saturated carbocycles. The van der Waals surface area contributed by atoms with Crippen LogP contribution in [-0.2, 0) is 9.53 Å². The van der Waals surface area contributed by atoms with Crippen molar-refractivity contribution in [2.75, 3.05) is 32.2 Å². The van der Waals surface area contributed by atoms with E-state index < -0.39 is 12.1 Å². The van der Waals surface area contributed by atoms with Gasteiger partial charge in [-0.15, -0.1) is 0 Å². The summed E-state index contributed by atoms with van der Waals surface area (Å²) < 4.78 is 10.0. The molecule has 7 heteroatoms. The first kappa shape index (κ1) is 23.9. The fourth-order valence-corrected chi connectivity index (χ4v) is 3.64. The predicted octanol–water partition coefficient (Wildman–Crippen LogP) is 4.53. The quantitative estimate of drug-likeness (QED) is 0.361. The third-order valence-corrected chi connectivity index (χ3v) is 5.52. The number of nitrogens with zero attached hydrogens (tertiary/aromatic N) is 3. The zero-order valence-electron chi connectivity index (χ0n) is 19.7. The van der Waals surface area contributed by atoms with E-state index >= 15 is 0 Å². The number of aromatic nitrogens is 2. The lowest BCUT2D eigenvalue weighted by atomic mass is 10.0. The molecule has 0 unspecified atom stereocenters. The Morgan fingerprint density at radius 3 is 2.26 bits per heavy atom. The molecular formula is C28H27N3O4. The molecule has 0 aliphatic heterocycles. The number of esters is 1. The highest BCUT2D eigenvalue weighted by Gasteiger charge is 2.17. The third kappa shape index (κ3) is 6.02. The van der Waals surface area contributed by atoms with Gasteiger partial charge in [0.2, 0.25) is 0 Å². The van der Waals surface area contributed by atoms with Gasteiger partial charge in [-0.3, -0.25) is 4.98 Å². The second-order valence-corrected chi connectivity index (χ2v) is 7.99. The number of hydrogen-bond donors (Lipinski definition) is 1. The van der Waals surface area contributed by atoms with E-state index in [-0.39, 0.29) is 13.2 Å². The molecule has 7 nitrogen and oxygen atoms in total. The number of carbonyl (C=O) groups is 1. The van der Waals surface area contributed by atoms with Crippen LogP contribution in [0.2, 0.25) is 0 Å². The van der Waals surface area contributed by atoms with E-state index in [4.69, 9.17) is 14.7 Å². The van der Waals surface area contributed by atoms with E-state index in [1.807, 2.05) is 78.7 Å². The fourth-order valence-electron chi connectivity index (χ4n) is 3.64. The molecule has 0 amide bonds. The number of rotatable bonds is 9. The number of ether oxygens (including phenoxy) is 2. The molecule has 0 fully saturated rings. The summed E-state index contributed by atoms with van der Waals surface area (Å²) in [7, 11) is 3.17. The van der Waals surface area contributed by atoms with E-state index in [9.17, 15) is 9.90 Å². The molecule has 0 aliphatic carbocycles. The summed E-state index contributed by atoms with van der Waals surface area (Å²) in [5.41, 5.74) is 4.18. The maximum Gasteiger partial charge on any atom is 0.343 e. The van der Waals surface area contributed by atoms with Gasteiger partial charge in [-0.2, -0.15) is 0 Å². The van der Waals surface area contributed by atoms with Crippen molar-refractivity contribution in [3.8, 4) is 28.3 Å². The summed E-state index contributed by atoms with van der Waals surface area (Å²) in [6, 6.07) is 26.9. The molecule has 4 rings (SSSR count). The molecule has 4 aromatic rings. The Balaban J connectivity index is 1.56. The first-order chi connectivity index (χ1) is 17.0. The summed E-state index contributed by atoms with van der Waals surface area (Å²) in [6.45, 7) is 0.0929. The lowest BCUT2D eigenvalue weighted by Crippen LogP contribution is -2.25. The molecule has 178 valence electrons. The van der Waals surface area contributed by atoms with Gasteiger partial charge in [0.05, 0.1) is 30.8 Å². The number of anilines is 1. The zero-order chi connectivity index (χ0) is 24.6. The molecule has 0 bridgehead atoms.